The van der Waals surface area contributed by atoms with Gasteiger partial charge >= 0.3 is 5.97 Å². The minimum Gasteiger partial charge on any atom is -0.480 e. The molecule has 0 radical (unpaired) electrons. The summed E-state index contributed by atoms with van der Waals surface area (Å²) in [6.07, 6.45) is 1.52. The number of aromatic nitrogens is 1. The van der Waals surface area contributed by atoms with Gasteiger partial charge in [0.2, 0.25) is 0 Å². The topological polar surface area (TPSA) is 62.2 Å². The highest BCUT2D eigenvalue weighted by Crippen LogP contribution is 2.17. The van der Waals surface area contributed by atoms with E-state index in [1.165, 1.54) is 6.20 Å². The van der Waals surface area contributed by atoms with Gasteiger partial charge in [0.05, 0.1) is 0 Å². The Labute approximate surface area is 86.9 Å². The lowest BCUT2D eigenvalue weighted by atomic mass is 10.1. The molecule has 1 rings (SSSR count). The van der Waals surface area contributed by atoms with Crippen molar-refractivity contribution in [2.75, 3.05) is 5.32 Å². The number of rotatable bonds is 3. The minimum absolute atomic E-state index is 0.330. The zero-order valence-electron chi connectivity index (χ0n) is 7.91. The summed E-state index contributed by atoms with van der Waals surface area (Å²) in [5.74, 6) is -0.926. The van der Waals surface area contributed by atoms with Crippen LogP contribution in [0.2, 0.25) is 5.15 Å². The summed E-state index contributed by atoms with van der Waals surface area (Å²) < 4.78 is 0. The number of carbonyl (C=O) groups is 1. The first-order valence-corrected chi connectivity index (χ1v) is 4.43. The third kappa shape index (κ3) is 2.60. The Balaban J connectivity index is 2.83. The Hall–Kier alpha value is -1.29. The second kappa shape index (κ2) is 3.84. The van der Waals surface area contributed by atoms with Gasteiger partial charge in [-0.25, -0.2) is 9.78 Å². The number of hydrogen-bond acceptors (Lipinski definition) is 3. The molecule has 0 saturated heterocycles. The molecular weight excluding hydrogens is 204 g/mol. The van der Waals surface area contributed by atoms with E-state index in [-0.39, 0.29) is 0 Å². The molecule has 14 heavy (non-hydrogen) atoms. The molecule has 1 aromatic heterocycles. The number of halogens is 1. The van der Waals surface area contributed by atoms with Gasteiger partial charge in [-0.05, 0) is 26.0 Å². The monoisotopic (exact) mass is 214 g/mol. The molecule has 0 atom stereocenters. The van der Waals surface area contributed by atoms with Gasteiger partial charge < -0.3 is 10.4 Å². The molecule has 0 saturated carbocycles. The van der Waals surface area contributed by atoms with E-state index in [1.807, 2.05) is 0 Å². The molecule has 5 heteroatoms. The van der Waals surface area contributed by atoms with E-state index in [9.17, 15) is 4.79 Å². The SMILES string of the molecule is CC(C)(Nc1ccnc(Cl)c1)C(=O)O. The van der Waals surface area contributed by atoms with Crippen LogP contribution in [0.3, 0.4) is 0 Å². The average Bonchev–Trinajstić information content (AvgIpc) is 2.02. The van der Waals surface area contributed by atoms with Crippen LogP contribution < -0.4 is 5.32 Å². The van der Waals surface area contributed by atoms with E-state index >= 15 is 0 Å². The standard InChI is InChI=1S/C9H11ClN2O2/c1-9(2,8(13)14)12-6-3-4-11-7(10)5-6/h3-5H,1-2H3,(H,11,12)(H,13,14). The Bertz CT molecular complexity index is 352. The summed E-state index contributed by atoms with van der Waals surface area (Å²) in [6.45, 7) is 3.15. The third-order valence-electron chi connectivity index (χ3n) is 1.72. The van der Waals surface area contributed by atoms with E-state index in [1.54, 1.807) is 26.0 Å². The molecule has 1 aromatic rings. The molecule has 2 N–H and O–H groups in total. The summed E-state index contributed by atoms with van der Waals surface area (Å²) in [5, 5.41) is 12.0. The number of hydrogen-bond donors (Lipinski definition) is 2. The number of pyridine rings is 1. The van der Waals surface area contributed by atoms with E-state index in [0.29, 0.717) is 10.8 Å². The zero-order chi connectivity index (χ0) is 10.8. The number of carboxylic acids is 1. The van der Waals surface area contributed by atoms with Crippen LogP contribution >= 0.6 is 11.6 Å². The molecule has 0 unspecified atom stereocenters. The predicted molar refractivity (Wildman–Crippen MR) is 54.6 cm³/mol. The van der Waals surface area contributed by atoms with Crippen molar-refractivity contribution in [3.05, 3.63) is 23.5 Å². The van der Waals surface area contributed by atoms with Gasteiger partial charge in [0.25, 0.3) is 0 Å². The summed E-state index contributed by atoms with van der Waals surface area (Å²) in [7, 11) is 0. The highest BCUT2D eigenvalue weighted by atomic mass is 35.5. The molecule has 0 aliphatic heterocycles. The van der Waals surface area contributed by atoms with Gasteiger partial charge in [-0.2, -0.15) is 0 Å². The van der Waals surface area contributed by atoms with Crippen molar-refractivity contribution in [2.45, 2.75) is 19.4 Å². The fourth-order valence-electron chi connectivity index (χ4n) is 0.895. The first-order chi connectivity index (χ1) is 6.42. The van der Waals surface area contributed by atoms with Gasteiger partial charge in [0.15, 0.2) is 0 Å². The van der Waals surface area contributed by atoms with Crippen LogP contribution in [0.4, 0.5) is 5.69 Å². The summed E-state index contributed by atoms with van der Waals surface area (Å²) >= 11 is 5.65. The highest BCUT2D eigenvalue weighted by molar-refractivity contribution is 6.29. The van der Waals surface area contributed by atoms with Crippen molar-refractivity contribution in [3.63, 3.8) is 0 Å². The molecule has 0 aromatic carbocycles. The van der Waals surface area contributed by atoms with Crippen molar-refractivity contribution in [2.24, 2.45) is 0 Å². The number of anilines is 1. The lowest BCUT2D eigenvalue weighted by molar-refractivity contribution is -0.141. The molecular formula is C9H11ClN2O2. The molecule has 0 aliphatic carbocycles. The van der Waals surface area contributed by atoms with E-state index in [0.717, 1.165) is 0 Å². The van der Waals surface area contributed by atoms with Crippen LogP contribution in [0.15, 0.2) is 18.3 Å². The maximum absolute atomic E-state index is 10.8. The smallest absolute Gasteiger partial charge is 0.328 e. The summed E-state index contributed by atoms with van der Waals surface area (Å²) in [6, 6.07) is 3.24. The molecule has 0 spiro atoms. The lowest BCUT2D eigenvalue weighted by Crippen LogP contribution is -2.39. The zero-order valence-corrected chi connectivity index (χ0v) is 8.67. The van der Waals surface area contributed by atoms with Crippen molar-refractivity contribution >= 4 is 23.3 Å². The van der Waals surface area contributed by atoms with Crippen molar-refractivity contribution in [3.8, 4) is 0 Å². The van der Waals surface area contributed by atoms with Crippen LogP contribution in [0.25, 0.3) is 0 Å². The van der Waals surface area contributed by atoms with Crippen LogP contribution in [0.1, 0.15) is 13.8 Å². The Kier molecular flexibility index (Phi) is 2.96. The van der Waals surface area contributed by atoms with Crippen LogP contribution in [-0.4, -0.2) is 21.6 Å². The predicted octanol–water partition coefficient (Wildman–Crippen LogP) is 2.01. The normalized spacial score (nSPS) is 11.1. The largest absolute Gasteiger partial charge is 0.480 e. The van der Waals surface area contributed by atoms with Gasteiger partial charge in [-0.3, -0.25) is 0 Å². The van der Waals surface area contributed by atoms with Gasteiger partial charge in [-0.15, -0.1) is 0 Å². The van der Waals surface area contributed by atoms with Crippen molar-refractivity contribution in [1.82, 2.24) is 4.98 Å². The Morgan fingerprint density at radius 2 is 2.29 bits per heavy atom. The first-order valence-electron chi connectivity index (χ1n) is 4.05. The summed E-state index contributed by atoms with van der Waals surface area (Å²) in [4.78, 5) is 14.6. The molecule has 0 amide bonds. The fraction of sp³-hybridized carbons (Fsp3) is 0.333. The maximum atomic E-state index is 10.8. The summed E-state index contributed by atoms with van der Waals surface area (Å²) in [5.41, 5.74) is -0.387. The number of nitrogens with one attached hydrogen (secondary N) is 1. The van der Waals surface area contributed by atoms with Gasteiger partial charge in [0, 0.05) is 11.9 Å². The van der Waals surface area contributed by atoms with E-state index in [2.05, 4.69) is 10.3 Å². The number of nitrogens with zero attached hydrogens (tertiary/aromatic N) is 1. The van der Waals surface area contributed by atoms with E-state index in [4.69, 9.17) is 16.7 Å². The average molecular weight is 215 g/mol. The second-order valence-corrected chi connectivity index (χ2v) is 3.81. The number of carboxylic acid groups (broad SMARTS) is 1. The molecule has 0 fully saturated rings. The Morgan fingerprint density at radius 3 is 2.79 bits per heavy atom. The van der Waals surface area contributed by atoms with Gasteiger partial charge in [-0.1, -0.05) is 11.6 Å². The molecule has 1 heterocycles. The van der Waals surface area contributed by atoms with Crippen molar-refractivity contribution in [1.29, 1.82) is 0 Å². The number of aliphatic carboxylic acids is 1. The van der Waals surface area contributed by atoms with Gasteiger partial charge in [0.1, 0.15) is 10.7 Å². The lowest BCUT2D eigenvalue weighted by Gasteiger charge is -2.22. The molecule has 4 nitrogen and oxygen atoms in total. The van der Waals surface area contributed by atoms with E-state index < -0.39 is 11.5 Å². The van der Waals surface area contributed by atoms with Crippen LogP contribution in [0.5, 0.6) is 0 Å². The minimum atomic E-state index is -1.02. The molecule has 76 valence electrons. The fourth-order valence-corrected chi connectivity index (χ4v) is 1.07. The highest BCUT2D eigenvalue weighted by Gasteiger charge is 2.26. The second-order valence-electron chi connectivity index (χ2n) is 3.42. The van der Waals surface area contributed by atoms with Crippen molar-refractivity contribution < 1.29 is 9.90 Å². The quantitative estimate of drug-likeness (QED) is 0.756. The Morgan fingerprint density at radius 1 is 1.64 bits per heavy atom. The van der Waals surface area contributed by atoms with Crippen LogP contribution in [0, 0.1) is 0 Å². The molecule has 0 bridgehead atoms. The molecule has 0 aliphatic rings. The first kappa shape index (κ1) is 10.8. The van der Waals surface area contributed by atoms with Crippen LogP contribution in [-0.2, 0) is 4.79 Å². The third-order valence-corrected chi connectivity index (χ3v) is 1.92. The maximum Gasteiger partial charge on any atom is 0.328 e.